The lowest BCUT2D eigenvalue weighted by molar-refractivity contribution is 0.314. The van der Waals surface area contributed by atoms with E-state index in [1.54, 1.807) is 6.07 Å². The molecule has 1 aliphatic rings. The highest BCUT2D eigenvalue weighted by atomic mass is 16.3. The molecule has 2 aromatic rings. The summed E-state index contributed by atoms with van der Waals surface area (Å²) >= 11 is 0. The second-order valence-electron chi connectivity index (χ2n) is 5.82. The molecule has 0 amide bonds. The van der Waals surface area contributed by atoms with E-state index in [1.807, 2.05) is 31.2 Å². The molecule has 3 rings (SSSR count). The van der Waals surface area contributed by atoms with Crippen molar-refractivity contribution in [2.75, 3.05) is 0 Å². The van der Waals surface area contributed by atoms with E-state index in [-0.39, 0.29) is 5.75 Å². The maximum Gasteiger partial charge on any atom is 0.143 e. The average Bonchev–Trinajstić information content (AvgIpc) is 2.45. The zero-order chi connectivity index (χ0) is 14.7. The van der Waals surface area contributed by atoms with Gasteiger partial charge in [-0.2, -0.15) is 5.11 Å². The molecule has 2 aromatic carbocycles. The number of azo groups is 1. The average molecular weight is 280 g/mol. The van der Waals surface area contributed by atoms with Gasteiger partial charge >= 0.3 is 0 Å². The van der Waals surface area contributed by atoms with Crippen LogP contribution in [0.2, 0.25) is 0 Å². The number of aromatic hydroxyl groups is 1. The molecule has 1 saturated carbocycles. The van der Waals surface area contributed by atoms with Gasteiger partial charge in [0.2, 0.25) is 0 Å². The van der Waals surface area contributed by atoms with Gasteiger partial charge in [-0.05, 0) is 48.6 Å². The van der Waals surface area contributed by atoms with Gasteiger partial charge in [0, 0.05) is 0 Å². The molecule has 0 spiro atoms. The summed E-state index contributed by atoms with van der Waals surface area (Å²) in [4.78, 5) is 0. The van der Waals surface area contributed by atoms with E-state index in [4.69, 9.17) is 0 Å². The first-order valence-corrected chi connectivity index (χ1v) is 7.51. The highest BCUT2D eigenvalue weighted by Gasteiger charge is 2.18. The van der Waals surface area contributed by atoms with E-state index < -0.39 is 0 Å². The van der Waals surface area contributed by atoms with Crippen LogP contribution in [-0.4, -0.2) is 5.11 Å². The Morgan fingerprint density at radius 1 is 1.05 bits per heavy atom. The lowest BCUT2D eigenvalue weighted by atomic mass is 9.81. The van der Waals surface area contributed by atoms with Crippen molar-refractivity contribution in [1.82, 2.24) is 0 Å². The predicted octanol–water partition coefficient (Wildman–Crippen LogP) is 5.46. The molecule has 0 aromatic heterocycles. The van der Waals surface area contributed by atoms with Gasteiger partial charge in [-0.3, -0.25) is 0 Å². The minimum absolute atomic E-state index is 0.167. The Kier molecular flexibility index (Phi) is 4.00. The molecule has 108 valence electrons. The van der Waals surface area contributed by atoms with Gasteiger partial charge < -0.3 is 5.11 Å². The van der Waals surface area contributed by atoms with Crippen molar-refractivity contribution < 1.29 is 5.11 Å². The number of benzene rings is 2. The number of nitrogens with zero attached hydrogens (tertiary/aromatic N) is 2. The van der Waals surface area contributed by atoms with Crippen LogP contribution in [0.1, 0.15) is 30.4 Å². The van der Waals surface area contributed by atoms with Gasteiger partial charge in [-0.15, -0.1) is 5.11 Å². The first-order chi connectivity index (χ1) is 10.2. The van der Waals surface area contributed by atoms with Crippen molar-refractivity contribution in [3.63, 3.8) is 0 Å². The highest BCUT2D eigenvalue weighted by Crippen LogP contribution is 2.34. The molecule has 0 saturated heterocycles. The lowest BCUT2D eigenvalue weighted by Gasteiger charge is -2.25. The van der Waals surface area contributed by atoms with E-state index in [0.717, 1.165) is 23.6 Å². The fourth-order valence-electron chi connectivity index (χ4n) is 2.61. The van der Waals surface area contributed by atoms with Gasteiger partial charge in [0.05, 0.1) is 5.69 Å². The molecular weight excluding hydrogens is 260 g/mol. The fourth-order valence-corrected chi connectivity index (χ4v) is 2.61. The Morgan fingerprint density at radius 3 is 2.57 bits per heavy atom. The Bertz CT molecular complexity index is 660. The molecule has 3 heteroatoms. The van der Waals surface area contributed by atoms with Crippen molar-refractivity contribution in [1.29, 1.82) is 0 Å². The van der Waals surface area contributed by atoms with Crippen LogP contribution in [0, 0.1) is 12.8 Å². The third kappa shape index (κ3) is 3.30. The third-order valence-corrected chi connectivity index (χ3v) is 4.12. The molecule has 1 aliphatic carbocycles. The van der Waals surface area contributed by atoms with Crippen LogP contribution in [-0.2, 0) is 6.42 Å². The largest absolute Gasteiger partial charge is 0.506 e. The Balaban J connectivity index is 1.83. The topological polar surface area (TPSA) is 45.0 Å². The molecule has 3 nitrogen and oxygen atoms in total. The summed E-state index contributed by atoms with van der Waals surface area (Å²) in [6.45, 7) is 1.98. The number of phenols is 1. The Hall–Kier alpha value is -2.16. The van der Waals surface area contributed by atoms with E-state index in [9.17, 15) is 5.11 Å². The minimum Gasteiger partial charge on any atom is -0.506 e. The van der Waals surface area contributed by atoms with Gasteiger partial charge in [0.1, 0.15) is 11.4 Å². The van der Waals surface area contributed by atoms with Gasteiger partial charge in [0.15, 0.2) is 0 Å². The van der Waals surface area contributed by atoms with Crippen molar-refractivity contribution in [2.24, 2.45) is 16.1 Å². The number of hydrogen-bond donors (Lipinski definition) is 1. The van der Waals surface area contributed by atoms with Crippen LogP contribution < -0.4 is 0 Å². The summed E-state index contributed by atoms with van der Waals surface area (Å²) in [5, 5.41) is 18.4. The third-order valence-electron chi connectivity index (χ3n) is 4.12. The van der Waals surface area contributed by atoms with E-state index in [1.165, 1.54) is 24.8 Å². The van der Waals surface area contributed by atoms with Crippen LogP contribution in [0.5, 0.6) is 5.75 Å². The van der Waals surface area contributed by atoms with Gasteiger partial charge in [-0.1, -0.05) is 43.5 Å². The molecular formula is C18H20N2O. The standard InChI is InChI=1S/C18H20N2O/c1-13-9-10-18(21)17(11-13)20-19-16-8-3-2-7-15(16)12-14-5-4-6-14/h2-3,7-11,14,21H,4-6,12H2,1H3. The number of hydrogen-bond acceptors (Lipinski definition) is 3. The summed E-state index contributed by atoms with van der Waals surface area (Å²) in [5.74, 6) is 0.967. The lowest BCUT2D eigenvalue weighted by Crippen LogP contribution is -2.13. The summed E-state index contributed by atoms with van der Waals surface area (Å²) < 4.78 is 0. The summed E-state index contributed by atoms with van der Waals surface area (Å²) in [7, 11) is 0. The van der Waals surface area contributed by atoms with Crippen LogP contribution >= 0.6 is 0 Å². The van der Waals surface area contributed by atoms with Crippen LogP contribution in [0.15, 0.2) is 52.7 Å². The summed E-state index contributed by atoms with van der Waals surface area (Å²) in [6.07, 6.45) is 5.08. The predicted molar refractivity (Wildman–Crippen MR) is 84.5 cm³/mol. The molecule has 0 atom stereocenters. The summed E-state index contributed by atoms with van der Waals surface area (Å²) in [5.41, 5.74) is 3.74. The molecule has 0 radical (unpaired) electrons. The monoisotopic (exact) mass is 280 g/mol. The molecule has 1 fully saturated rings. The van der Waals surface area contributed by atoms with Crippen LogP contribution in [0.25, 0.3) is 0 Å². The zero-order valence-electron chi connectivity index (χ0n) is 12.3. The number of rotatable bonds is 4. The molecule has 1 N–H and O–H groups in total. The smallest absolute Gasteiger partial charge is 0.143 e. The number of phenolic OH excluding ortho intramolecular Hbond substituents is 1. The molecule has 0 heterocycles. The van der Waals surface area contributed by atoms with E-state index in [0.29, 0.717) is 5.69 Å². The summed E-state index contributed by atoms with van der Waals surface area (Å²) in [6, 6.07) is 13.5. The second kappa shape index (κ2) is 6.08. The SMILES string of the molecule is Cc1ccc(O)c(N=Nc2ccccc2CC2CCC2)c1. The highest BCUT2D eigenvalue weighted by molar-refractivity contribution is 5.53. The van der Waals surface area contributed by atoms with Gasteiger partial charge in [-0.25, -0.2) is 0 Å². The second-order valence-corrected chi connectivity index (χ2v) is 5.82. The maximum absolute atomic E-state index is 9.82. The Morgan fingerprint density at radius 2 is 1.81 bits per heavy atom. The van der Waals surface area contributed by atoms with Crippen molar-refractivity contribution >= 4 is 11.4 Å². The van der Waals surface area contributed by atoms with Crippen LogP contribution in [0.4, 0.5) is 11.4 Å². The fraction of sp³-hybridized carbons (Fsp3) is 0.333. The van der Waals surface area contributed by atoms with Gasteiger partial charge in [0.25, 0.3) is 0 Å². The van der Waals surface area contributed by atoms with Crippen molar-refractivity contribution in [3.05, 3.63) is 53.6 Å². The number of aryl methyl sites for hydroxylation is 1. The normalized spacial score (nSPS) is 15.3. The van der Waals surface area contributed by atoms with Crippen LogP contribution in [0.3, 0.4) is 0 Å². The van der Waals surface area contributed by atoms with E-state index in [2.05, 4.69) is 22.4 Å². The first-order valence-electron chi connectivity index (χ1n) is 7.51. The molecule has 0 aliphatic heterocycles. The Labute approximate surface area is 125 Å². The quantitative estimate of drug-likeness (QED) is 0.743. The maximum atomic E-state index is 9.82. The first kappa shape index (κ1) is 13.8. The molecule has 0 unspecified atom stereocenters. The zero-order valence-corrected chi connectivity index (χ0v) is 12.3. The minimum atomic E-state index is 0.167. The van der Waals surface area contributed by atoms with Crippen molar-refractivity contribution in [2.45, 2.75) is 32.6 Å². The molecule has 21 heavy (non-hydrogen) atoms. The van der Waals surface area contributed by atoms with Crippen molar-refractivity contribution in [3.8, 4) is 5.75 Å². The van der Waals surface area contributed by atoms with E-state index >= 15 is 0 Å². The molecule has 0 bridgehead atoms.